The van der Waals surface area contributed by atoms with Crippen LogP contribution >= 0.6 is 0 Å². The van der Waals surface area contributed by atoms with E-state index in [-0.39, 0.29) is 5.91 Å². The number of ether oxygens (including phenoxy) is 1. The number of anilines is 2. The van der Waals surface area contributed by atoms with Gasteiger partial charge in [0.1, 0.15) is 11.6 Å². The summed E-state index contributed by atoms with van der Waals surface area (Å²) in [5.74, 6) is 8.06. The normalized spacial score (nSPS) is 16.0. The molecule has 2 aliphatic heterocycles. The second-order valence-corrected chi connectivity index (χ2v) is 10.1. The van der Waals surface area contributed by atoms with E-state index in [0.717, 1.165) is 74.1 Å². The summed E-state index contributed by atoms with van der Waals surface area (Å²) in [4.78, 5) is 27.1. The fourth-order valence-electron chi connectivity index (χ4n) is 5.38. The molecule has 0 saturated carbocycles. The highest BCUT2D eigenvalue weighted by atomic mass is 16.5. The molecule has 3 heterocycles. The Balaban J connectivity index is 1.18. The van der Waals surface area contributed by atoms with Gasteiger partial charge in [-0.15, -0.1) is 5.92 Å². The zero-order valence-electron chi connectivity index (χ0n) is 23.2. The molecule has 0 unspecified atom stereocenters. The molecule has 5 rings (SSSR count). The van der Waals surface area contributed by atoms with Crippen LogP contribution in [0.4, 0.5) is 11.5 Å². The summed E-state index contributed by atoms with van der Waals surface area (Å²) in [6, 6.07) is 18.7. The molecule has 0 N–H and O–H groups in total. The number of rotatable bonds is 6. The number of methoxy groups -OCH3 is 1. The van der Waals surface area contributed by atoms with Crippen LogP contribution in [0.25, 0.3) is 0 Å². The summed E-state index contributed by atoms with van der Waals surface area (Å²) in [7, 11) is 1.64. The zero-order chi connectivity index (χ0) is 27.2. The maximum Gasteiger partial charge on any atom is 0.254 e. The standard InChI is InChI=1S/C32H37N5O2/c1-4-7-27-8-5-6-9-30(27)35-16-14-34(15-17-35)24-26-11-10-25(2)29(22-26)32(38)37-20-18-36(19-21-37)31-13-12-28(39-3)23-33-31/h5-6,8-13,22-23H,14-21,24H2,1-3H3. The van der Waals surface area contributed by atoms with Crippen molar-refractivity contribution in [1.29, 1.82) is 0 Å². The van der Waals surface area contributed by atoms with E-state index in [9.17, 15) is 4.79 Å². The minimum Gasteiger partial charge on any atom is -0.495 e. The van der Waals surface area contributed by atoms with Crippen LogP contribution in [-0.2, 0) is 6.54 Å². The minimum atomic E-state index is 0.121. The molecule has 0 spiro atoms. The monoisotopic (exact) mass is 523 g/mol. The molecule has 202 valence electrons. The van der Waals surface area contributed by atoms with Gasteiger partial charge >= 0.3 is 0 Å². The number of carbonyl (C=O) groups is 1. The third kappa shape index (κ3) is 6.18. The Bertz CT molecular complexity index is 1340. The molecule has 2 fully saturated rings. The molecular weight excluding hydrogens is 486 g/mol. The van der Waals surface area contributed by atoms with Gasteiger partial charge in [-0.1, -0.05) is 30.2 Å². The van der Waals surface area contributed by atoms with Gasteiger partial charge in [0.2, 0.25) is 0 Å². The van der Waals surface area contributed by atoms with Crippen LogP contribution < -0.4 is 14.5 Å². The lowest BCUT2D eigenvalue weighted by Gasteiger charge is -2.37. The zero-order valence-corrected chi connectivity index (χ0v) is 23.2. The van der Waals surface area contributed by atoms with Crippen LogP contribution in [0.5, 0.6) is 5.75 Å². The number of aryl methyl sites for hydroxylation is 1. The Morgan fingerprint density at radius 1 is 0.923 bits per heavy atom. The highest BCUT2D eigenvalue weighted by Crippen LogP contribution is 2.23. The summed E-state index contributed by atoms with van der Waals surface area (Å²) >= 11 is 0. The van der Waals surface area contributed by atoms with Gasteiger partial charge in [0.05, 0.1) is 19.0 Å². The summed E-state index contributed by atoms with van der Waals surface area (Å²) in [6.45, 7) is 11.5. The van der Waals surface area contributed by atoms with Crippen molar-refractivity contribution in [2.75, 3.05) is 69.3 Å². The quantitative estimate of drug-likeness (QED) is 0.455. The molecule has 1 amide bonds. The van der Waals surface area contributed by atoms with E-state index in [1.54, 1.807) is 13.3 Å². The SMILES string of the molecule is CC#Cc1ccccc1N1CCN(Cc2ccc(C)c(C(=O)N3CCN(c4ccc(OC)cn4)CC3)c2)CC1. The number of piperazine rings is 2. The maximum atomic E-state index is 13.5. The van der Waals surface area contributed by atoms with Crippen molar-refractivity contribution in [2.45, 2.75) is 20.4 Å². The first kappa shape index (κ1) is 26.6. The van der Waals surface area contributed by atoms with Crippen molar-refractivity contribution in [2.24, 2.45) is 0 Å². The molecule has 1 aromatic heterocycles. The first-order chi connectivity index (χ1) is 19.1. The highest BCUT2D eigenvalue weighted by molar-refractivity contribution is 5.96. The van der Waals surface area contributed by atoms with Crippen molar-refractivity contribution >= 4 is 17.4 Å². The molecule has 2 aliphatic rings. The van der Waals surface area contributed by atoms with Gasteiger partial charge < -0.3 is 19.4 Å². The van der Waals surface area contributed by atoms with Crippen LogP contribution in [0.3, 0.4) is 0 Å². The van der Waals surface area contributed by atoms with Gasteiger partial charge in [-0.2, -0.15) is 0 Å². The Labute approximate surface area is 232 Å². The van der Waals surface area contributed by atoms with Crippen LogP contribution in [0.2, 0.25) is 0 Å². The van der Waals surface area contributed by atoms with E-state index >= 15 is 0 Å². The third-order valence-electron chi connectivity index (χ3n) is 7.66. The summed E-state index contributed by atoms with van der Waals surface area (Å²) < 4.78 is 5.21. The minimum absolute atomic E-state index is 0.121. The van der Waals surface area contributed by atoms with E-state index in [4.69, 9.17) is 4.74 Å². The molecule has 0 bridgehead atoms. The molecule has 2 saturated heterocycles. The average Bonchev–Trinajstić information content (AvgIpc) is 2.99. The second-order valence-electron chi connectivity index (χ2n) is 10.1. The van der Waals surface area contributed by atoms with Gasteiger partial charge in [-0.25, -0.2) is 4.98 Å². The molecule has 39 heavy (non-hydrogen) atoms. The lowest BCUT2D eigenvalue weighted by Crippen LogP contribution is -2.49. The lowest BCUT2D eigenvalue weighted by atomic mass is 10.0. The van der Waals surface area contributed by atoms with E-state index in [0.29, 0.717) is 13.1 Å². The van der Waals surface area contributed by atoms with E-state index in [1.807, 2.05) is 36.9 Å². The summed E-state index contributed by atoms with van der Waals surface area (Å²) in [5.41, 5.74) is 5.35. The van der Waals surface area contributed by atoms with Crippen molar-refractivity contribution < 1.29 is 9.53 Å². The summed E-state index contributed by atoms with van der Waals surface area (Å²) in [6.07, 6.45) is 1.74. The number of aromatic nitrogens is 1. The molecule has 3 aromatic rings. The fraction of sp³-hybridized carbons (Fsp3) is 0.375. The first-order valence-electron chi connectivity index (χ1n) is 13.7. The number of carbonyl (C=O) groups excluding carboxylic acids is 1. The third-order valence-corrected chi connectivity index (χ3v) is 7.66. The fourth-order valence-corrected chi connectivity index (χ4v) is 5.38. The van der Waals surface area contributed by atoms with Crippen LogP contribution in [-0.4, -0.2) is 80.2 Å². The van der Waals surface area contributed by atoms with Crippen molar-refractivity contribution in [3.05, 3.63) is 83.0 Å². The topological polar surface area (TPSA) is 52.2 Å². The van der Waals surface area contributed by atoms with Crippen molar-refractivity contribution in [3.63, 3.8) is 0 Å². The Morgan fingerprint density at radius 2 is 1.67 bits per heavy atom. The predicted octanol–water partition coefficient (Wildman–Crippen LogP) is 4.05. The van der Waals surface area contributed by atoms with Crippen LogP contribution in [0.1, 0.15) is 34.0 Å². The van der Waals surface area contributed by atoms with Gasteiger partial charge in [-0.3, -0.25) is 9.69 Å². The molecule has 0 atom stereocenters. The van der Waals surface area contributed by atoms with Gasteiger partial charge in [0.15, 0.2) is 0 Å². The van der Waals surface area contributed by atoms with E-state index < -0.39 is 0 Å². The number of amides is 1. The van der Waals surface area contributed by atoms with Crippen LogP contribution in [0, 0.1) is 18.8 Å². The Morgan fingerprint density at radius 3 is 2.36 bits per heavy atom. The van der Waals surface area contributed by atoms with E-state index in [1.165, 1.54) is 11.3 Å². The number of hydrogen-bond acceptors (Lipinski definition) is 6. The number of para-hydroxylation sites is 1. The van der Waals surface area contributed by atoms with Crippen molar-refractivity contribution in [1.82, 2.24) is 14.8 Å². The number of nitrogens with zero attached hydrogens (tertiary/aromatic N) is 5. The molecule has 0 radical (unpaired) electrons. The molecule has 2 aromatic carbocycles. The highest BCUT2D eigenvalue weighted by Gasteiger charge is 2.25. The van der Waals surface area contributed by atoms with Crippen LogP contribution in [0.15, 0.2) is 60.8 Å². The number of benzene rings is 2. The molecular formula is C32H37N5O2. The molecule has 7 heteroatoms. The summed E-state index contributed by atoms with van der Waals surface area (Å²) in [5, 5.41) is 0. The largest absolute Gasteiger partial charge is 0.495 e. The second kappa shape index (κ2) is 12.2. The molecule has 0 aliphatic carbocycles. The average molecular weight is 524 g/mol. The predicted molar refractivity (Wildman–Crippen MR) is 157 cm³/mol. The van der Waals surface area contributed by atoms with Gasteiger partial charge in [-0.05, 0) is 55.3 Å². The van der Waals surface area contributed by atoms with E-state index in [2.05, 4.69) is 67.9 Å². The van der Waals surface area contributed by atoms with Crippen molar-refractivity contribution in [3.8, 4) is 17.6 Å². The smallest absolute Gasteiger partial charge is 0.254 e. The number of hydrogen-bond donors (Lipinski definition) is 0. The van der Waals surface area contributed by atoms with Gasteiger partial charge in [0.25, 0.3) is 5.91 Å². The Kier molecular flexibility index (Phi) is 8.33. The molecule has 7 nitrogen and oxygen atoms in total. The maximum absolute atomic E-state index is 13.5. The number of pyridine rings is 1. The Hall–Kier alpha value is -4.02. The first-order valence-corrected chi connectivity index (χ1v) is 13.7. The lowest BCUT2D eigenvalue weighted by molar-refractivity contribution is 0.0745. The van der Waals surface area contributed by atoms with Gasteiger partial charge in [0, 0.05) is 70.0 Å².